The van der Waals surface area contributed by atoms with E-state index in [0.717, 1.165) is 38.3 Å². The van der Waals surface area contributed by atoms with Crippen molar-refractivity contribution >= 4 is 5.69 Å². The smallest absolute Gasteiger partial charge is 0.331 e. The molecule has 2 N–H and O–H groups in total. The average molecular weight is 435 g/mol. The fourth-order valence-electron chi connectivity index (χ4n) is 4.26. The highest BCUT2D eigenvalue weighted by Gasteiger charge is 2.25. The summed E-state index contributed by atoms with van der Waals surface area (Å²) < 4.78 is 2.83. The average Bonchev–Trinajstić information content (AvgIpc) is 2.83. The number of benzene rings is 1. The summed E-state index contributed by atoms with van der Waals surface area (Å²) in [7, 11) is 1.71. The van der Waals surface area contributed by atoms with Crippen molar-refractivity contribution in [3.05, 3.63) is 92.5 Å². The first kappa shape index (κ1) is 22.0. The molecule has 8 nitrogen and oxygen atoms in total. The van der Waals surface area contributed by atoms with Crippen molar-refractivity contribution in [3.8, 4) is 0 Å². The number of nitrogens with two attached hydrogens (primary N) is 1. The van der Waals surface area contributed by atoms with Gasteiger partial charge < -0.3 is 10.6 Å². The highest BCUT2D eigenvalue weighted by Crippen LogP contribution is 2.18. The Balaban J connectivity index is 1.55. The maximum absolute atomic E-state index is 13.4. The van der Waals surface area contributed by atoms with Crippen LogP contribution in [-0.2, 0) is 20.1 Å². The van der Waals surface area contributed by atoms with Gasteiger partial charge in [-0.2, -0.15) is 0 Å². The van der Waals surface area contributed by atoms with Crippen LogP contribution < -0.4 is 21.9 Å². The van der Waals surface area contributed by atoms with Gasteiger partial charge in [-0.15, -0.1) is 0 Å². The predicted molar refractivity (Wildman–Crippen MR) is 126 cm³/mol. The van der Waals surface area contributed by atoms with E-state index in [4.69, 9.17) is 5.73 Å². The van der Waals surface area contributed by atoms with Crippen LogP contribution >= 0.6 is 0 Å². The van der Waals surface area contributed by atoms with Crippen molar-refractivity contribution in [1.29, 1.82) is 0 Å². The van der Waals surface area contributed by atoms with Crippen molar-refractivity contribution in [3.63, 3.8) is 0 Å². The van der Waals surface area contributed by atoms with Crippen LogP contribution in [0.15, 0.2) is 64.4 Å². The monoisotopic (exact) mass is 434 g/mol. The van der Waals surface area contributed by atoms with Crippen LogP contribution in [0.3, 0.4) is 0 Å². The van der Waals surface area contributed by atoms with E-state index in [1.165, 1.54) is 10.1 Å². The van der Waals surface area contributed by atoms with Crippen LogP contribution in [0.2, 0.25) is 0 Å². The summed E-state index contributed by atoms with van der Waals surface area (Å²) in [6.45, 7) is 5.92. The minimum absolute atomic E-state index is 0.143. The molecule has 1 aromatic carbocycles. The van der Waals surface area contributed by atoms with Gasteiger partial charge in [-0.3, -0.25) is 23.8 Å². The van der Waals surface area contributed by atoms with Crippen molar-refractivity contribution < 1.29 is 0 Å². The Morgan fingerprint density at radius 2 is 1.75 bits per heavy atom. The minimum Gasteiger partial charge on any atom is -0.363 e. The lowest BCUT2D eigenvalue weighted by molar-refractivity contribution is 0.249. The van der Waals surface area contributed by atoms with Crippen LogP contribution in [0.1, 0.15) is 22.9 Å². The highest BCUT2D eigenvalue weighted by atomic mass is 16.2. The van der Waals surface area contributed by atoms with E-state index in [0.29, 0.717) is 11.4 Å². The molecule has 0 bridgehead atoms. The molecular weight excluding hydrogens is 404 g/mol. The zero-order valence-electron chi connectivity index (χ0n) is 18.6. The van der Waals surface area contributed by atoms with E-state index in [1.54, 1.807) is 17.8 Å². The van der Waals surface area contributed by atoms with Gasteiger partial charge in [0, 0.05) is 63.9 Å². The molecule has 0 aliphatic carbocycles. The summed E-state index contributed by atoms with van der Waals surface area (Å²) in [5.41, 5.74) is 9.09. The molecule has 168 valence electrons. The zero-order chi connectivity index (χ0) is 22.7. The molecular formula is C24H30N6O2. The van der Waals surface area contributed by atoms with Gasteiger partial charge in [-0.25, -0.2) is 4.79 Å². The normalized spacial score (nSPS) is 15.7. The van der Waals surface area contributed by atoms with Crippen LogP contribution in [-0.4, -0.2) is 45.2 Å². The number of hydrogen-bond acceptors (Lipinski definition) is 6. The molecule has 4 rings (SSSR count). The van der Waals surface area contributed by atoms with Crippen molar-refractivity contribution in [1.82, 2.24) is 19.0 Å². The van der Waals surface area contributed by atoms with Gasteiger partial charge >= 0.3 is 5.69 Å². The first-order chi connectivity index (χ1) is 15.5. The standard InChI is InChI=1S/C24H30N6O2/c1-18-22(29-13-11-28(12-14-29)16-19-7-6-10-26-15-19)23(31)30(24(32)27(18)2)17-21(25)20-8-4-3-5-9-20/h3-10,15,21H,11-14,16-17,25H2,1-2H3/t21-/m0/s1. The van der Waals surface area contributed by atoms with E-state index >= 15 is 0 Å². The topological polar surface area (TPSA) is 89.4 Å². The second-order valence-corrected chi connectivity index (χ2v) is 8.33. The van der Waals surface area contributed by atoms with Gasteiger partial charge in [0.15, 0.2) is 0 Å². The molecule has 0 unspecified atom stereocenters. The number of aromatic nitrogens is 3. The van der Waals surface area contributed by atoms with Crippen molar-refractivity contribution in [2.75, 3.05) is 31.1 Å². The lowest BCUT2D eigenvalue weighted by Crippen LogP contribution is -2.51. The number of piperazine rings is 1. The van der Waals surface area contributed by atoms with E-state index < -0.39 is 6.04 Å². The zero-order valence-corrected chi connectivity index (χ0v) is 18.6. The van der Waals surface area contributed by atoms with Gasteiger partial charge in [-0.1, -0.05) is 36.4 Å². The second-order valence-electron chi connectivity index (χ2n) is 8.33. The maximum Gasteiger partial charge on any atom is 0.331 e. The Morgan fingerprint density at radius 3 is 2.41 bits per heavy atom. The summed E-state index contributed by atoms with van der Waals surface area (Å²) >= 11 is 0. The number of rotatable bonds is 6. The highest BCUT2D eigenvalue weighted by molar-refractivity contribution is 5.49. The maximum atomic E-state index is 13.4. The van der Waals surface area contributed by atoms with Gasteiger partial charge in [0.05, 0.1) is 6.54 Å². The molecule has 3 aromatic rings. The molecule has 8 heteroatoms. The fourth-order valence-corrected chi connectivity index (χ4v) is 4.26. The fraction of sp³-hybridized carbons (Fsp3) is 0.375. The molecule has 3 heterocycles. The molecule has 0 saturated carbocycles. The summed E-state index contributed by atoms with van der Waals surface area (Å²) in [6, 6.07) is 13.1. The van der Waals surface area contributed by atoms with Gasteiger partial charge in [0.1, 0.15) is 5.69 Å². The molecule has 1 fully saturated rings. The Hall–Kier alpha value is -3.23. The lowest BCUT2D eigenvalue weighted by atomic mass is 10.1. The predicted octanol–water partition coefficient (Wildman–Crippen LogP) is 1.27. The lowest BCUT2D eigenvalue weighted by Gasteiger charge is -2.36. The minimum atomic E-state index is -0.437. The Labute approximate surface area is 187 Å². The van der Waals surface area contributed by atoms with Crippen molar-refractivity contribution in [2.24, 2.45) is 12.8 Å². The molecule has 0 spiro atoms. The van der Waals surface area contributed by atoms with Crippen LogP contribution in [0.4, 0.5) is 5.69 Å². The molecule has 32 heavy (non-hydrogen) atoms. The SMILES string of the molecule is Cc1c(N2CCN(Cc3cccnc3)CC2)c(=O)n(C[C@H](N)c2ccccc2)c(=O)n1C. The van der Waals surface area contributed by atoms with Crippen LogP contribution in [0.5, 0.6) is 0 Å². The summed E-state index contributed by atoms with van der Waals surface area (Å²) in [4.78, 5) is 35.0. The van der Waals surface area contributed by atoms with Gasteiger partial charge in [0.2, 0.25) is 0 Å². The first-order valence-corrected chi connectivity index (χ1v) is 10.9. The number of hydrogen-bond donors (Lipinski definition) is 1. The van der Waals surface area contributed by atoms with Crippen LogP contribution in [0.25, 0.3) is 0 Å². The molecule has 1 aliphatic heterocycles. The summed E-state index contributed by atoms with van der Waals surface area (Å²) in [5.74, 6) is 0. The van der Waals surface area contributed by atoms with Gasteiger partial charge in [0.25, 0.3) is 5.56 Å². The molecule has 0 amide bonds. The molecule has 0 radical (unpaired) electrons. The molecule has 1 aliphatic rings. The van der Waals surface area contributed by atoms with Gasteiger partial charge in [-0.05, 0) is 24.1 Å². The summed E-state index contributed by atoms with van der Waals surface area (Å²) in [5, 5.41) is 0. The summed E-state index contributed by atoms with van der Waals surface area (Å²) in [6.07, 6.45) is 3.66. The van der Waals surface area contributed by atoms with E-state index in [2.05, 4.69) is 20.9 Å². The van der Waals surface area contributed by atoms with E-state index in [9.17, 15) is 9.59 Å². The van der Waals surface area contributed by atoms with E-state index in [-0.39, 0.29) is 17.8 Å². The van der Waals surface area contributed by atoms with Crippen molar-refractivity contribution in [2.45, 2.75) is 26.1 Å². The third kappa shape index (κ3) is 4.51. The third-order valence-corrected chi connectivity index (χ3v) is 6.24. The second kappa shape index (κ2) is 9.50. The number of anilines is 1. The Morgan fingerprint density at radius 1 is 1.03 bits per heavy atom. The first-order valence-electron chi connectivity index (χ1n) is 10.9. The molecule has 2 aromatic heterocycles. The molecule has 1 atom stereocenters. The van der Waals surface area contributed by atoms with E-state index in [1.807, 2.05) is 49.5 Å². The Kier molecular flexibility index (Phi) is 6.53. The largest absolute Gasteiger partial charge is 0.363 e. The Bertz CT molecular complexity index is 1160. The quantitative estimate of drug-likeness (QED) is 0.629. The molecule has 1 saturated heterocycles. The number of pyridine rings is 1. The third-order valence-electron chi connectivity index (χ3n) is 6.24. The van der Waals surface area contributed by atoms with Crippen LogP contribution in [0, 0.1) is 6.92 Å². The number of nitrogens with zero attached hydrogens (tertiary/aromatic N) is 5.